The quantitative estimate of drug-likeness (QED) is 0.827. The summed E-state index contributed by atoms with van der Waals surface area (Å²) < 4.78 is 14.0. The molecular formula is C17H17FO. The fourth-order valence-corrected chi connectivity index (χ4v) is 3.13. The van der Waals surface area contributed by atoms with E-state index in [4.69, 9.17) is 0 Å². The van der Waals surface area contributed by atoms with E-state index in [2.05, 4.69) is 0 Å². The Morgan fingerprint density at radius 1 is 1.05 bits per heavy atom. The van der Waals surface area contributed by atoms with Gasteiger partial charge in [-0.15, -0.1) is 0 Å². The maximum atomic E-state index is 14.0. The van der Waals surface area contributed by atoms with Gasteiger partial charge in [0.25, 0.3) is 0 Å². The van der Waals surface area contributed by atoms with Crippen LogP contribution in [0.3, 0.4) is 0 Å². The predicted molar refractivity (Wildman–Crippen MR) is 73.5 cm³/mol. The number of fused-ring (bicyclic) bond motifs is 2. The zero-order chi connectivity index (χ0) is 13.5. The monoisotopic (exact) mass is 256 g/mol. The van der Waals surface area contributed by atoms with E-state index in [0.717, 1.165) is 23.1 Å². The van der Waals surface area contributed by atoms with Crippen molar-refractivity contribution in [2.24, 2.45) is 0 Å². The normalized spacial score (nSPS) is 21.4. The van der Waals surface area contributed by atoms with E-state index in [1.165, 1.54) is 6.07 Å². The second-order valence-electron chi connectivity index (χ2n) is 5.14. The minimum atomic E-state index is -1.08. The average molecular weight is 256 g/mol. The first-order chi connectivity index (χ1) is 9.16. The van der Waals surface area contributed by atoms with Crippen LogP contribution >= 0.6 is 0 Å². The molecule has 2 heteroatoms. The van der Waals surface area contributed by atoms with E-state index in [1.807, 2.05) is 37.3 Å². The van der Waals surface area contributed by atoms with Crippen molar-refractivity contribution >= 4 is 0 Å². The summed E-state index contributed by atoms with van der Waals surface area (Å²) in [6, 6.07) is 12.9. The lowest BCUT2D eigenvalue weighted by molar-refractivity contribution is 0.0755. The van der Waals surface area contributed by atoms with Gasteiger partial charge < -0.3 is 5.11 Å². The second-order valence-corrected chi connectivity index (χ2v) is 5.14. The second kappa shape index (κ2) is 4.46. The van der Waals surface area contributed by atoms with Crippen LogP contribution in [-0.2, 0) is 18.4 Å². The maximum Gasteiger partial charge on any atom is 0.126 e. The highest BCUT2D eigenvalue weighted by Crippen LogP contribution is 2.40. The molecule has 2 aromatic carbocycles. The van der Waals surface area contributed by atoms with Crippen molar-refractivity contribution in [1.29, 1.82) is 0 Å². The zero-order valence-corrected chi connectivity index (χ0v) is 11.0. The standard InChI is InChI=1S/C17H17FO/c1-2-17(19)14-7-4-3-6-12(14)10-11-13-15(17)8-5-9-16(13)18/h3-9,19H,2,10-11H2,1H3. The lowest BCUT2D eigenvalue weighted by Gasteiger charge is -2.30. The third kappa shape index (κ3) is 1.79. The van der Waals surface area contributed by atoms with E-state index in [1.54, 1.807) is 6.07 Å². The van der Waals surface area contributed by atoms with Gasteiger partial charge in [0.15, 0.2) is 0 Å². The van der Waals surface area contributed by atoms with Gasteiger partial charge in [0, 0.05) is 0 Å². The lowest BCUT2D eigenvalue weighted by atomic mass is 9.81. The number of aryl methyl sites for hydroxylation is 1. The number of hydrogen-bond donors (Lipinski definition) is 1. The van der Waals surface area contributed by atoms with Crippen LogP contribution < -0.4 is 0 Å². The summed E-state index contributed by atoms with van der Waals surface area (Å²) in [4.78, 5) is 0. The van der Waals surface area contributed by atoms with E-state index in [9.17, 15) is 9.50 Å². The molecule has 0 amide bonds. The number of rotatable bonds is 1. The summed E-state index contributed by atoms with van der Waals surface area (Å²) in [5.74, 6) is -0.211. The molecule has 0 radical (unpaired) electrons. The minimum Gasteiger partial charge on any atom is -0.380 e. The number of hydrogen-bond acceptors (Lipinski definition) is 1. The molecule has 0 saturated carbocycles. The largest absolute Gasteiger partial charge is 0.380 e. The molecule has 1 aliphatic carbocycles. The van der Waals surface area contributed by atoms with Crippen molar-refractivity contribution in [3.63, 3.8) is 0 Å². The Morgan fingerprint density at radius 2 is 1.79 bits per heavy atom. The van der Waals surface area contributed by atoms with Gasteiger partial charge in [-0.05, 0) is 47.6 Å². The van der Waals surface area contributed by atoms with E-state index >= 15 is 0 Å². The molecule has 19 heavy (non-hydrogen) atoms. The van der Waals surface area contributed by atoms with Gasteiger partial charge in [0.2, 0.25) is 0 Å². The van der Waals surface area contributed by atoms with Gasteiger partial charge in [0.1, 0.15) is 11.4 Å². The third-order valence-electron chi connectivity index (χ3n) is 4.18. The predicted octanol–water partition coefficient (Wildman–Crippen LogP) is 3.57. The molecule has 0 fully saturated rings. The highest BCUT2D eigenvalue weighted by molar-refractivity contribution is 5.47. The molecule has 2 aromatic rings. The van der Waals surface area contributed by atoms with Crippen LogP contribution in [0.15, 0.2) is 42.5 Å². The molecule has 0 saturated heterocycles. The summed E-state index contributed by atoms with van der Waals surface area (Å²) >= 11 is 0. The van der Waals surface area contributed by atoms with Gasteiger partial charge in [-0.3, -0.25) is 0 Å². The molecule has 3 rings (SSSR count). The van der Waals surface area contributed by atoms with Crippen molar-refractivity contribution in [3.05, 3.63) is 70.5 Å². The Bertz CT molecular complexity index is 620. The Morgan fingerprint density at radius 3 is 2.58 bits per heavy atom. The van der Waals surface area contributed by atoms with E-state index in [0.29, 0.717) is 18.4 Å². The summed E-state index contributed by atoms with van der Waals surface area (Å²) in [5.41, 5.74) is 2.33. The average Bonchev–Trinajstić information content (AvgIpc) is 2.57. The van der Waals surface area contributed by atoms with Crippen LogP contribution in [0.25, 0.3) is 0 Å². The smallest absolute Gasteiger partial charge is 0.126 e. The molecule has 0 aliphatic heterocycles. The van der Waals surface area contributed by atoms with Crippen LogP contribution in [0.1, 0.15) is 35.6 Å². The number of aliphatic hydroxyl groups is 1. The van der Waals surface area contributed by atoms with Gasteiger partial charge in [-0.2, -0.15) is 0 Å². The summed E-state index contributed by atoms with van der Waals surface area (Å²) in [6.07, 6.45) is 1.95. The van der Waals surface area contributed by atoms with E-state index in [-0.39, 0.29) is 5.82 Å². The van der Waals surface area contributed by atoms with Crippen molar-refractivity contribution in [2.75, 3.05) is 0 Å². The molecule has 1 aliphatic rings. The van der Waals surface area contributed by atoms with Crippen LogP contribution in [0.4, 0.5) is 4.39 Å². The lowest BCUT2D eigenvalue weighted by Crippen LogP contribution is -2.28. The van der Waals surface area contributed by atoms with Crippen molar-refractivity contribution in [1.82, 2.24) is 0 Å². The van der Waals surface area contributed by atoms with Crippen molar-refractivity contribution in [2.45, 2.75) is 31.8 Å². The molecule has 1 atom stereocenters. The summed E-state index contributed by atoms with van der Waals surface area (Å²) in [7, 11) is 0. The zero-order valence-electron chi connectivity index (χ0n) is 11.0. The number of halogens is 1. The van der Waals surface area contributed by atoms with E-state index < -0.39 is 5.60 Å². The molecule has 1 nitrogen and oxygen atoms in total. The van der Waals surface area contributed by atoms with Crippen LogP contribution in [0, 0.1) is 5.82 Å². The molecule has 0 bridgehead atoms. The Labute approximate surface area is 112 Å². The highest BCUT2D eigenvalue weighted by Gasteiger charge is 2.36. The van der Waals surface area contributed by atoms with Gasteiger partial charge in [-0.1, -0.05) is 43.3 Å². The summed E-state index contributed by atoms with van der Waals surface area (Å²) in [6.45, 7) is 1.94. The van der Waals surface area contributed by atoms with Gasteiger partial charge >= 0.3 is 0 Å². The number of benzene rings is 2. The molecule has 0 aromatic heterocycles. The van der Waals surface area contributed by atoms with Crippen LogP contribution in [0.2, 0.25) is 0 Å². The third-order valence-corrected chi connectivity index (χ3v) is 4.18. The minimum absolute atomic E-state index is 0.211. The van der Waals surface area contributed by atoms with Gasteiger partial charge in [-0.25, -0.2) is 4.39 Å². The first-order valence-electron chi connectivity index (χ1n) is 6.75. The maximum absolute atomic E-state index is 14.0. The fraction of sp³-hybridized carbons (Fsp3) is 0.294. The molecular weight excluding hydrogens is 239 g/mol. The van der Waals surface area contributed by atoms with Crippen molar-refractivity contribution in [3.8, 4) is 0 Å². The molecule has 1 N–H and O–H groups in total. The van der Waals surface area contributed by atoms with Crippen molar-refractivity contribution < 1.29 is 9.50 Å². The molecule has 98 valence electrons. The Kier molecular flexibility index (Phi) is 2.90. The van der Waals surface area contributed by atoms with Crippen LogP contribution in [0.5, 0.6) is 0 Å². The SMILES string of the molecule is CCC1(O)c2ccccc2CCc2c(F)cccc21. The first-order valence-corrected chi connectivity index (χ1v) is 6.75. The summed E-state index contributed by atoms with van der Waals surface area (Å²) in [5, 5.41) is 11.1. The topological polar surface area (TPSA) is 20.2 Å². The Balaban J connectivity index is 2.31. The molecule has 1 unspecified atom stereocenters. The Hall–Kier alpha value is -1.67. The first kappa shape index (κ1) is 12.4. The fourth-order valence-electron chi connectivity index (χ4n) is 3.13. The molecule has 0 heterocycles. The van der Waals surface area contributed by atoms with Crippen LogP contribution in [-0.4, -0.2) is 5.11 Å². The van der Waals surface area contributed by atoms with Gasteiger partial charge in [0.05, 0.1) is 0 Å². The molecule has 0 spiro atoms. The highest BCUT2D eigenvalue weighted by atomic mass is 19.1.